The number of aromatic amines is 1. The number of halogens is 1. The Bertz CT molecular complexity index is 1120. The molecule has 8 nitrogen and oxygen atoms in total. The van der Waals surface area contributed by atoms with Crippen LogP contribution in [0.1, 0.15) is 19.3 Å². The fourth-order valence-electron chi connectivity index (χ4n) is 3.01. The molecule has 1 aromatic carbocycles. The van der Waals surface area contributed by atoms with Gasteiger partial charge in [-0.05, 0) is 43.5 Å². The molecule has 144 valence electrons. The van der Waals surface area contributed by atoms with E-state index in [1.54, 1.807) is 0 Å². The van der Waals surface area contributed by atoms with Crippen molar-refractivity contribution < 1.29 is 13.5 Å². The number of rotatable bonds is 7. The minimum absolute atomic E-state index is 0.0116. The van der Waals surface area contributed by atoms with Crippen molar-refractivity contribution in [2.24, 2.45) is 0 Å². The van der Waals surface area contributed by atoms with Gasteiger partial charge in [0.1, 0.15) is 16.2 Å². The van der Waals surface area contributed by atoms with E-state index in [9.17, 15) is 13.2 Å². The molecule has 0 fully saturated rings. The summed E-state index contributed by atoms with van der Waals surface area (Å²) in [7, 11) is -3.98. The lowest BCUT2D eigenvalue weighted by atomic mass is 10.2. The van der Waals surface area contributed by atoms with Crippen LogP contribution in [0, 0.1) is 0 Å². The molecule has 0 amide bonds. The van der Waals surface area contributed by atoms with E-state index in [4.69, 9.17) is 22.4 Å². The van der Waals surface area contributed by atoms with E-state index in [0.717, 1.165) is 6.42 Å². The van der Waals surface area contributed by atoms with Crippen LogP contribution >= 0.6 is 11.6 Å². The Labute approximate surface area is 160 Å². The van der Waals surface area contributed by atoms with E-state index >= 15 is 0 Å². The highest BCUT2D eigenvalue weighted by molar-refractivity contribution is 7.92. The number of hydrogen-bond donors (Lipinski definition) is 3. The van der Waals surface area contributed by atoms with Crippen LogP contribution in [0.25, 0.3) is 10.9 Å². The predicted octanol–water partition coefficient (Wildman–Crippen LogP) is 1.96. The fraction of sp³-hybridized carbons (Fsp3) is 0.294. The summed E-state index contributed by atoms with van der Waals surface area (Å²) in [5, 5.41) is 15.5. The van der Waals surface area contributed by atoms with E-state index in [0.29, 0.717) is 24.4 Å². The average molecular weight is 411 g/mol. The number of unbranched alkanes of at least 4 members (excludes halogenated alkanes) is 2. The number of fused-ring (bicyclic) bond motifs is 1. The Morgan fingerprint density at radius 2 is 1.89 bits per heavy atom. The number of H-pyrrole nitrogens is 1. The Hall–Kier alpha value is -2.36. The lowest BCUT2D eigenvalue weighted by Gasteiger charge is -2.08. The zero-order valence-electron chi connectivity index (χ0n) is 14.4. The predicted molar refractivity (Wildman–Crippen MR) is 103 cm³/mol. The number of nitrogen functional groups attached to an aromatic ring is 1. The van der Waals surface area contributed by atoms with Crippen molar-refractivity contribution in [3.8, 4) is 0 Å². The number of aryl methyl sites for hydroxylation is 1. The van der Waals surface area contributed by atoms with E-state index in [1.807, 2.05) is 0 Å². The summed E-state index contributed by atoms with van der Waals surface area (Å²) < 4.78 is 27.8. The summed E-state index contributed by atoms with van der Waals surface area (Å²) >= 11 is 5.84. The number of hydrogen-bond acceptors (Lipinski definition) is 6. The molecule has 0 aliphatic rings. The van der Waals surface area contributed by atoms with Gasteiger partial charge in [-0.15, -0.1) is 0 Å². The number of sulfone groups is 1. The van der Waals surface area contributed by atoms with Gasteiger partial charge in [0, 0.05) is 23.6 Å². The number of aliphatic hydroxyl groups excluding tert-OH is 1. The molecule has 0 spiro atoms. The number of aromatic nitrogens is 3. The normalized spacial score (nSPS) is 11.9. The molecule has 0 aliphatic heterocycles. The third kappa shape index (κ3) is 3.58. The van der Waals surface area contributed by atoms with Crippen molar-refractivity contribution in [2.45, 2.75) is 35.6 Å². The summed E-state index contributed by atoms with van der Waals surface area (Å²) in [6.45, 7) is 0.425. The molecular formula is C17H19ClN4O4S. The topological polar surface area (TPSA) is 131 Å². The first-order valence-corrected chi connectivity index (χ1v) is 10.2. The summed E-state index contributed by atoms with van der Waals surface area (Å²) in [6.07, 6.45) is 3.27. The smallest absolute Gasteiger partial charge is 0.288 e. The highest BCUT2D eigenvalue weighted by Crippen LogP contribution is 2.34. The number of nitrogens with two attached hydrogens (primary N) is 1. The largest absolute Gasteiger partial charge is 0.396 e. The van der Waals surface area contributed by atoms with Crippen LogP contribution in [0.2, 0.25) is 5.02 Å². The molecule has 3 aromatic rings. The van der Waals surface area contributed by atoms with Gasteiger partial charge in [-0.1, -0.05) is 11.6 Å². The molecule has 0 radical (unpaired) electrons. The van der Waals surface area contributed by atoms with Gasteiger partial charge < -0.3 is 15.4 Å². The van der Waals surface area contributed by atoms with Crippen molar-refractivity contribution in [2.75, 3.05) is 12.3 Å². The molecule has 3 rings (SSSR count). The van der Waals surface area contributed by atoms with Crippen LogP contribution in [0.4, 0.5) is 5.82 Å². The Kier molecular flexibility index (Phi) is 5.54. The molecular weight excluding hydrogens is 392 g/mol. The first-order chi connectivity index (χ1) is 12.9. The van der Waals surface area contributed by atoms with Crippen LogP contribution < -0.4 is 11.3 Å². The lowest BCUT2D eigenvalue weighted by molar-refractivity contribution is 0.282. The number of benzene rings is 1. The van der Waals surface area contributed by atoms with Crippen LogP contribution in [-0.4, -0.2) is 34.9 Å². The van der Waals surface area contributed by atoms with Gasteiger partial charge in [-0.25, -0.2) is 13.5 Å². The highest BCUT2D eigenvalue weighted by atomic mass is 35.5. The van der Waals surface area contributed by atoms with Crippen LogP contribution in [0.15, 0.2) is 45.0 Å². The molecule has 0 aliphatic carbocycles. The average Bonchev–Trinajstić information content (AvgIpc) is 2.92. The maximum Gasteiger partial charge on any atom is 0.288 e. The fourth-order valence-corrected chi connectivity index (χ4v) is 4.69. The molecule has 2 aromatic heterocycles. The van der Waals surface area contributed by atoms with E-state index in [1.165, 1.54) is 35.0 Å². The maximum atomic E-state index is 13.2. The van der Waals surface area contributed by atoms with Gasteiger partial charge >= 0.3 is 0 Å². The second-order valence-electron chi connectivity index (χ2n) is 6.07. The first kappa shape index (κ1) is 19.4. The van der Waals surface area contributed by atoms with E-state index in [-0.39, 0.29) is 33.1 Å². The molecule has 0 unspecified atom stereocenters. The van der Waals surface area contributed by atoms with Crippen molar-refractivity contribution in [1.82, 2.24) is 14.8 Å². The molecule has 0 bridgehead atoms. The minimum Gasteiger partial charge on any atom is -0.396 e. The Morgan fingerprint density at radius 1 is 1.19 bits per heavy atom. The summed E-state index contributed by atoms with van der Waals surface area (Å²) in [4.78, 5) is 12.2. The van der Waals surface area contributed by atoms with Gasteiger partial charge in [-0.2, -0.15) is 5.10 Å². The second-order valence-corrected chi connectivity index (χ2v) is 8.39. The number of nitrogens with one attached hydrogen (secondary N) is 1. The van der Waals surface area contributed by atoms with Crippen molar-refractivity contribution in [1.29, 1.82) is 0 Å². The third-order valence-electron chi connectivity index (χ3n) is 4.30. The van der Waals surface area contributed by atoms with Crippen molar-refractivity contribution >= 4 is 38.2 Å². The summed E-state index contributed by atoms with van der Waals surface area (Å²) in [5.41, 5.74) is 5.83. The molecule has 2 heterocycles. The van der Waals surface area contributed by atoms with E-state index in [2.05, 4.69) is 10.2 Å². The quantitative estimate of drug-likeness (QED) is 0.510. The molecule has 10 heteroatoms. The number of nitrogens with zero attached hydrogens (tertiary/aromatic N) is 2. The third-order valence-corrected chi connectivity index (χ3v) is 6.41. The summed E-state index contributed by atoms with van der Waals surface area (Å²) in [5.74, 6) is -0.0116. The van der Waals surface area contributed by atoms with Crippen molar-refractivity contribution in [3.05, 3.63) is 45.8 Å². The molecule has 0 atom stereocenters. The van der Waals surface area contributed by atoms with Gasteiger partial charge in [0.2, 0.25) is 9.84 Å². The summed E-state index contributed by atoms with van der Waals surface area (Å²) in [6, 6.07) is 5.73. The number of aliphatic hydroxyl groups is 1. The SMILES string of the molecule is Nc1c(S(=O)(=O)c2ccc(Cl)cc2)c2cn[nH]c(=O)c2n1CCCCCO. The first-order valence-electron chi connectivity index (χ1n) is 8.34. The second kappa shape index (κ2) is 7.71. The van der Waals surface area contributed by atoms with Crippen molar-refractivity contribution in [3.63, 3.8) is 0 Å². The number of anilines is 1. The Morgan fingerprint density at radius 3 is 2.56 bits per heavy atom. The Balaban J connectivity index is 2.18. The zero-order chi connectivity index (χ0) is 19.6. The monoisotopic (exact) mass is 410 g/mol. The minimum atomic E-state index is -3.98. The molecule has 4 N–H and O–H groups in total. The standard InChI is InChI=1S/C17H19ClN4O4S/c18-11-4-6-12(7-5-11)27(25,26)15-13-10-20-21-17(24)14(13)22(16(15)19)8-2-1-3-9-23/h4-7,10,23H,1-3,8-9,19H2,(H,21,24). The maximum absolute atomic E-state index is 13.2. The van der Waals surface area contributed by atoms with E-state index < -0.39 is 15.4 Å². The molecule has 0 saturated carbocycles. The van der Waals surface area contributed by atoms with Crippen LogP contribution in [0.5, 0.6) is 0 Å². The van der Waals surface area contributed by atoms with Gasteiger partial charge in [0.05, 0.1) is 11.1 Å². The molecule has 0 saturated heterocycles. The van der Waals surface area contributed by atoms with Gasteiger partial charge in [-0.3, -0.25) is 4.79 Å². The highest BCUT2D eigenvalue weighted by Gasteiger charge is 2.29. The van der Waals surface area contributed by atoms with Gasteiger partial charge in [0.25, 0.3) is 5.56 Å². The zero-order valence-corrected chi connectivity index (χ0v) is 15.9. The lowest BCUT2D eigenvalue weighted by Crippen LogP contribution is -2.13. The molecule has 27 heavy (non-hydrogen) atoms. The van der Waals surface area contributed by atoms with Crippen LogP contribution in [0.3, 0.4) is 0 Å². The van der Waals surface area contributed by atoms with Gasteiger partial charge in [0.15, 0.2) is 0 Å². The van der Waals surface area contributed by atoms with Crippen LogP contribution in [-0.2, 0) is 16.4 Å².